The van der Waals surface area contributed by atoms with Gasteiger partial charge in [-0.25, -0.2) is 4.98 Å². The third kappa shape index (κ3) is 4.32. The van der Waals surface area contributed by atoms with Crippen LogP contribution < -0.4 is 0 Å². The molecule has 0 aliphatic carbocycles. The van der Waals surface area contributed by atoms with Crippen LogP contribution in [0.1, 0.15) is 70.5 Å². The highest BCUT2D eigenvalue weighted by Gasteiger charge is 2.23. The summed E-state index contributed by atoms with van der Waals surface area (Å²) < 4.78 is 5.48. The molecule has 135 valence electrons. The summed E-state index contributed by atoms with van der Waals surface area (Å²) in [5.74, 6) is 1.45. The maximum absolute atomic E-state index is 5.48. The van der Waals surface area contributed by atoms with Crippen LogP contribution in [0.5, 0.6) is 0 Å². The molecule has 0 amide bonds. The molecule has 1 aliphatic heterocycles. The predicted molar refractivity (Wildman–Crippen MR) is 107 cm³/mol. The van der Waals surface area contributed by atoms with E-state index in [2.05, 4.69) is 65.1 Å². The van der Waals surface area contributed by atoms with Crippen LogP contribution in [-0.4, -0.2) is 18.2 Å². The van der Waals surface area contributed by atoms with E-state index in [1.54, 1.807) is 11.3 Å². The van der Waals surface area contributed by atoms with E-state index in [0.717, 1.165) is 31.7 Å². The van der Waals surface area contributed by atoms with Gasteiger partial charge in [-0.15, -0.1) is 11.3 Å². The molecule has 0 unspecified atom stereocenters. The van der Waals surface area contributed by atoms with E-state index in [4.69, 9.17) is 9.72 Å². The highest BCUT2D eigenvalue weighted by molar-refractivity contribution is 7.10. The van der Waals surface area contributed by atoms with Crippen LogP contribution in [0, 0.1) is 5.92 Å². The van der Waals surface area contributed by atoms with Crippen molar-refractivity contribution < 1.29 is 4.74 Å². The Hall–Kier alpha value is -1.19. The Morgan fingerprint density at radius 2 is 1.44 bits per heavy atom. The van der Waals surface area contributed by atoms with E-state index < -0.39 is 0 Å². The van der Waals surface area contributed by atoms with Crippen molar-refractivity contribution in [1.29, 1.82) is 0 Å². The van der Waals surface area contributed by atoms with Crippen molar-refractivity contribution in [3.05, 3.63) is 45.6 Å². The second-order valence-corrected chi connectivity index (χ2v) is 9.91. The number of hydrogen-bond donors (Lipinski definition) is 0. The Bertz CT molecular complexity index is 695. The molecule has 2 nitrogen and oxygen atoms in total. The smallest absolute Gasteiger partial charge is 0.101 e. The molecule has 1 aromatic carbocycles. The third-order valence-corrected chi connectivity index (χ3v) is 5.81. The summed E-state index contributed by atoms with van der Waals surface area (Å²) in [6, 6.07) is 7.01. The van der Waals surface area contributed by atoms with Crippen LogP contribution in [-0.2, 0) is 15.6 Å². The first-order valence-electron chi connectivity index (χ1n) is 9.19. The fourth-order valence-corrected chi connectivity index (χ4v) is 3.98. The van der Waals surface area contributed by atoms with Crippen molar-refractivity contribution >= 4 is 11.3 Å². The second-order valence-electron chi connectivity index (χ2n) is 9.05. The lowest BCUT2D eigenvalue weighted by atomic mass is 9.79. The molecule has 2 heterocycles. The van der Waals surface area contributed by atoms with Crippen LogP contribution in [0.15, 0.2) is 23.6 Å². The molecule has 1 radical (unpaired) electrons. The van der Waals surface area contributed by atoms with Crippen molar-refractivity contribution in [2.45, 2.75) is 65.2 Å². The summed E-state index contributed by atoms with van der Waals surface area (Å²) >= 11 is 1.77. The van der Waals surface area contributed by atoms with Gasteiger partial charge in [0.1, 0.15) is 5.01 Å². The largest absolute Gasteiger partial charge is 0.381 e. The van der Waals surface area contributed by atoms with Gasteiger partial charge in [0.15, 0.2) is 0 Å². The van der Waals surface area contributed by atoms with Crippen molar-refractivity contribution in [3.63, 3.8) is 0 Å². The maximum atomic E-state index is 5.48. The molecule has 1 saturated heterocycles. The molecule has 0 saturated carbocycles. The first-order valence-corrected chi connectivity index (χ1v) is 10.1. The van der Waals surface area contributed by atoms with Crippen LogP contribution in [0.25, 0.3) is 11.3 Å². The molecule has 3 heteroatoms. The maximum Gasteiger partial charge on any atom is 0.101 e. The Morgan fingerprint density at radius 1 is 0.880 bits per heavy atom. The van der Waals surface area contributed by atoms with Gasteiger partial charge in [0.05, 0.1) is 5.69 Å². The Balaban J connectivity index is 2.00. The first kappa shape index (κ1) is 18.6. The van der Waals surface area contributed by atoms with Gasteiger partial charge in [-0.1, -0.05) is 47.6 Å². The fraction of sp³-hybridized carbons (Fsp3) is 0.545. The van der Waals surface area contributed by atoms with Crippen molar-refractivity contribution in [3.8, 4) is 11.3 Å². The van der Waals surface area contributed by atoms with Gasteiger partial charge in [0.2, 0.25) is 0 Å². The number of thiazole rings is 1. The highest BCUT2D eigenvalue weighted by Crippen LogP contribution is 2.36. The molecule has 0 spiro atoms. The average molecular weight is 357 g/mol. The minimum Gasteiger partial charge on any atom is -0.381 e. The van der Waals surface area contributed by atoms with Gasteiger partial charge in [-0.2, -0.15) is 0 Å². The molecule has 25 heavy (non-hydrogen) atoms. The van der Waals surface area contributed by atoms with E-state index in [1.165, 1.54) is 27.6 Å². The topological polar surface area (TPSA) is 22.1 Å². The molecule has 1 fully saturated rings. The zero-order chi connectivity index (χ0) is 18.2. The molecule has 2 aromatic rings. The molecule has 0 bridgehead atoms. The average Bonchev–Trinajstić information content (AvgIpc) is 3.04. The van der Waals surface area contributed by atoms with Crippen LogP contribution in [0.2, 0.25) is 0 Å². The molecule has 0 N–H and O–H groups in total. The fourth-order valence-electron chi connectivity index (χ4n) is 3.04. The minimum atomic E-state index is 0.129. The third-order valence-electron chi connectivity index (χ3n) is 4.86. The predicted octanol–water partition coefficient (Wildman–Crippen LogP) is 6.14. The Kier molecular flexibility index (Phi) is 5.09. The van der Waals surface area contributed by atoms with E-state index >= 15 is 0 Å². The lowest BCUT2D eigenvalue weighted by Gasteiger charge is -2.26. The summed E-state index contributed by atoms with van der Waals surface area (Å²) in [4.78, 5) is 4.98. The molecule has 1 aromatic heterocycles. The van der Waals surface area contributed by atoms with Gasteiger partial charge in [-0.3, -0.25) is 0 Å². The lowest BCUT2D eigenvalue weighted by molar-refractivity contribution is 0.109. The van der Waals surface area contributed by atoms with Gasteiger partial charge in [-0.05, 0) is 46.9 Å². The molecule has 0 atom stereocenters. The number of benzene rings is 1. The number of aromatic nitrogens is 1. The van der Waals surface area contributed by atoms with E-state index in [-0.39, 0.29) is 10.8 Å². The van der Waals surface area contributed by atoms with Crippen molar-refractivity contribution in [2.24, 2.45) is 0 Å². The SMILES string of the molecule is CC(C)(C)c1cc(-c2csc([C]3CCOCC3)n2)cc(C(C)(C)C)c1. The lowest BCUT2D eigenvalue weighted by Crippen LogP contribution is -2.16. The summed E-state index contributed by atoms with van der Waals surface area (Å²) in [5.41, 5.74) is 5.36. The van der Waals surface area contributed by atoms with Crippen LogP contribution >= 0.6 is 11.3 Å². The van der Waals surface area contributed by atoms with E-state index in [0.29, 0.717) is 0 Å². The molecular formula is C22H30NOS. The monoisotopic (exact) mass is 356 g/mol. The number of nitrogens with zero attached hydrogens (tertiary/aromatic N) is 1. The van der Waals surface area contributed by atoms with Crippen molar-refractivity contribution in [2.75, 3.05) is 13.2 Å². The second kappa shape index (κ2) is 6.85. The number of hydrogen-bond acceptors (Lipinski definition) is 3. The number of rotatable bonds is 2. The van der Waals surface area contributed by atoms with Gasteiger partial charge in [0.25, 0.3) is 0 Å². The van der Waals surface area contributed by atoms with Crippen LogP contribution in [0.4, 0.5) is 0 Å². The molecule has 3 rings (SSSR count). The highest BCUT2D eigenvalue weighted by atomic mass is 32.1. The molecule has 1 aliphatic rings. The Morgan fingerprint density at radius 3 is 1.96 bits per heavy atom. The summed E-state index contributed by atoms with van der Waals surface area (Å²) in [7, 11) is 0. The van der Waals surface area contributed by atoms with Crippen molar-refractivity contribution in [1.82, 2.24) is 4.98 Å². The van der Waals surface area contributed by atoms with E-state index in [1.807, 2.05) is 0 Å². The minimum absolute atomic E-state index is 0.129. The standard InChI is InChI=1S/C22H30NOS/c1-21(2,3)17-11-16(12-18(13-17)22(4,5)6)19-14-25-20(23-19)15-7-9-24-10-8-15/h11-14H,7-10H2,1-6H3. The zero-order valence-electron chi connectivity index (χ0n) is 16.4. The zero-order valence-corrected chi connectivity index (χ0v) is 17.2. The van der Waals surface area contributed by atoms with Crippen LogP contribution in [0.3, 0.4) is 0 Å². The summed E-state index contributed by atoms with van der Waals surface area (Å²) in [6.07, 6.45) is 2.03. The summed E-state index contributed by atoms with van der Waals surface area (Å²) in [6.45, 7) is 15.3. The quantitative estimate of drug-likeness (QED) is 0.645. The molecular weight excluding hydrogens is 326 g/mol. The number of ether oxygens (including phenoxy) is 1. The Labute approximate surface area is 156 Å². The summed E-state index contributed by atoms with van der Waals surface area (Å²) in [5, 5.41) is 3.41. The van der Waals surface area contributed by atoms with Gasteiger partial charge >= 0.3 is 0 Å². The first-order chi connectivity index (χ1) is 11.6. The normalized spacial score (nSPS) is 17.0. The van der Waals surface area contributed by atoms with E-state index in [9.17, 15) is 0 Å². The van der Waals surface area contributed by atoms with Gasteiger partial charge < -0.3 is 4.74 Å². The van der Waals surface area contributed by atoms with Gasteiger partial charge in [0, 0.05) is 30.1 Å².